The average molecular weight is 406 g/mol. The van der Waals surface area contributed by atoms with E-state index in [-0.39, 0.29) is 12.5 Å². The normalized spacial score (nSPS) is 18.6. The van der Waals surface area contributed by atoms with Gasteiger partial charge in [0, 0.05) is 56.4 Å². The van der Waals surface area contributed by atoms with Crippen molar-refractivity contribution in [2.75, 3.05) is 31.6 Å². The summed E-state index contributed by atoms with van der Waals surface area (Å²) in [7, 11) is 1.74. The van der Waals surface area contributed by atoms with Crippen molar-refractivity contribution in [3.05, 3.63) is 72.2 Å². The second-order valence-electron chi connectivity index (χ2n) is 8.01. The molecule has 1 aliphatic rings. The van der Waals surface area contributed by atoms with Crippen molar-refractivity contribution < 1.29 is 9.90 Å². The van der Waals surface area contributed by atoms with E-state index in [1.807, 2.05) is 52.9 Å². The van der Waals surface area contributed by atoms with Gasteiger partial charge in [-0.3, -0.25) is 4.79 Å². The van der Waals surface area contributed by atoms with Crippen molar-refractivity contribution in [1.29, 1.82) is 0 Å². The van der Waals surface area contributed by atoms with Gasteiger partial charge in [0.2, 0.25) is 0 Å². The third-order valence-corrected chi connectivity index (χ3v) is 5.42. The lowest BCUT2D eigenvalue weighted by Gasteiger charge is -2.29. The monoisotopic (exact) mass is 406 g/mol. The Morgan fingerprint density at radius 3 is 2.93 bits per heavy atom. The van der Waals surface area contributed by atoms with E-state index < -0.39 is 5.60 Å². The number of aliphatic hydroxyl groups is 1. The zero-order valence-corrected chi connectivity index (χ0v) is 17.3. The number of carbonyl (C=O) groups is 1. The van der Waals surface area contributed by atoms with Crippen LogP contribution in [0.5, 0.6) is 0 Å². The molecule has 2 aromatic heterocycles. The summed E-state index contributed by atoms with van der Waals surface area (Å²) in [6.45, 7) is 3.96. The third kappa shape index (κ3) is 4.49. The summed E-state index contributed by atoms with van der Waals surface area (Å²) in [4.78, 5) is 29.1. The summed E-state index contributed by atoms with van der Waals surface area (Å²) in [5.41, 5.74) is 1.55. The molecular weight excluding hydrogens is 380 g/mol. The maximum Gasteiger partial charge on any atom is 0.253 e. The van der Waals surface area contributed by atoms with Crippen molar-refractivity contribution in [2.45, 2.75) is 25.5 Å². The molecule has 30 heavy (non-hydrogen) atoms. The van der Waals surface area contributed by atoms with E-state index in [0.717, 1.165) is 17.1 Å². The zero-order valence-electron chi connectivity index (χ0n) is 17.3. The Hall–Kier alpha value is -3.26. The molecule has 0 spiro atoms. The molecule has 1 aliphatic heterocycles. The summed E-state index contributed by atoms with van der Waals surface area (Å²) >= 11 is 0. The summed E-state index contributed by atoms with van der Waals surface area (Å²) < 4.78 is 1.96. The van der Waals surface area contributed by atoms with Crippen LogP contribution in [0.15, 0.2) is 55.4 Å². The van der Waals surface area contributed by atoms with E-state index in [0.29, 0.717) is 31.6 Å². The first-order chi connectivity index (χ1) is 14.4. The van der Waals surface area contributed by atoms with E-state index in [1.54, 1.807) is 24.5 Å². The van der Waals surface area contributed by atoms with E-state index in [1.165, 1.54) is 6.33 Å². The molecule has 3 heterocycles. The highest BCUT2D eigenvalue weighted by atomic mass is 16.3. The van der Waals surface area contributed by atoms with Gasteiger partial charge in [-0.15, -0.1) is 0 Å². The van der Waals surface area contributed by atoms with Gasteiger partial charge in [0.05, 0.1) is 12.9 Å². The molecule has 0 bridgehead atoms. The lowest BCUT2D eigenvalue weighted by molar-refractivity contribution is 0.0264. The number of rotatable bonds is 6. The predicted octanol–water partition coefficient (Wildman–Crippen LogP) is 1.74. The molecule has 1 saturated heterocycles. The molecular formula is C22H26N6O2. The number of imidazole rings is 1. The molecule has 1 amide bonds. The Bertz CT molecular complexity index is 1020. The number of β-amino-alcohol motifs (C(OH)–C–C–N with tert-alkyl or cyclic N) is 1. The number of likely N-dealkylation sites (N-methyl/N-ethyl adjacent to an activating group) is 1. The molecule has 1 aromatic carbocycles. The van der Waals surface area contributed by atoms with E-state index in [4.69, 9.17) is 0 Å². The van der Waals surface area contributed by atoms with Crippen LogP contribution in [0.3, 0.4) is 0 Å². The molecule has 1 N–H and O–H groups in total. The molecule has 0 radical (unpaired) electrons. The highest BCUT2D eigenvalue weighted by molar-refractivity contribution is 5.94. The van der Waals surface area contributed by atoms with Gasteiger partial charge in [-0.25, -0.2) is 15.0 Å². The lowest BCUT2D eigenvalue weighted by Crippen LogP contribution is -2.46. The number of amides is 1. The van der Waals surface area contributed by atoms with Gasteiger partial charge in [0.1, 0.15) is 17.7 Å². The average Bonchev–Trinajstić information content (AvgIpc) is 3.37. The number of anilines is 1. The fourth-order valence-electron chi connectivity index (χ4n) is 3.92. The fourth-order valence-corrected chi connectivity index (χ4v) is 3.92. The van der Waals surface area contributed by atoms with Gasteiger partial charge < -0.3 is 19.5 Å². The Morgan fingerprint density at radius 1 is 1.30 bits per heavy atom. The molecule has 4 rings (SSSR count). The maximum atomic E-state index is 13.0. The second kappa shape index (κ2) is 8.23. The number of benzene rings is 1. The van der Waals surface area contributed by atoms with E-state index in [2.05, 4.69) is 15.0 Å². The summed E-state index contributed by atoms with van der Waals surface area (Å²) in [6, 6.07) is 9.49. The van der Waals surface area contributed by atoms with Gasteiger partial charge in [-0.2, -0.15) is 0 Å². The summed E-state index contributed by atoms with van der Waals surface area (Å²) in [5, 5.41) is 11.1. The largest absolute Gasteiger partial charge is 0.386 e. The number of hydrogen-bond acceptors (Lipinski definition) is 6. The Balaban J connectivity index is 1.41. The highest BCUT2D eigenvalue weighted by Gasteiger charge is 2.38. The Labute approximate surface area is 175 Å². The SMILES string of the molecule is Cc1cc(N2CC[C@](O)(CN(C)C(=O)c3cccc(Cn4ccnc4)c3)C2)ncn1. The van der Waals surface area contributed by atoms with Crippen LogP contribution in [-0.4, -0.2) is 67.7 Å². The van der Waals surface area contributed by atoms with Crippen molar-refractivity contribution >= 4 is 11.7 Å². The van der Waals surface area contributed by atoms with Crippen LogP contribution in [-0.2, 0) is 6.54 Å². The summed E-state index contributed by atoms with van der Waals surface area (Å²) in [5.74, 6) is 0.701. The fraction of sp³-hybridized carbons (Fsp3) is 0.364. The maximum absolute atomic E-state index is 13.0. The molecule has 1 fully saturated rings. The topological polar surface area (TPSA) is 87.4 Å². The smallest absolute Gasteiger partial charge is 0.253 e. The van der Waals surface area contributed by atoms with Crippen LogP contribution < -0.4 is 4.90 Å². The van der Waals surface area contributed by atoms with Crippen molar-refractivity contribution in [2.24, 2.45) is 0 Å². The molecule has 0 aliphatic carbocycles. The Kier molecular flexibility index (Phi) is 5.50. The van der Waals surface area contributed by atoms with Crippen molar-refractivity contribution in [3.63, 3.8) is 0 Å². The number of hydrogen-bond donors (Lipinski definition) is 1. The molecule has 8 nitrogen and oxygen atoms in total. The number of nitrogens with zero attached hydrogens (tertiary/aromatic N) is 6. The van der Waals surface area contributed by atoms with Crippen LogP contribution in [0.4, 0.5) is 5.82 Å². The van der Waals surface area contributed by atoms with Crippen molar-refractivity contribution in [3.8, 4) is 0 Å². The quantitative estimate of drug-likeness (QED) is 0.671. The van der Waals surface area contributed by atoms with E-state index >= 15 is 0 Å². The number of carbonyl (C=O) groups excluding carboxylic acids is 1. The van der Waals surface area contributed by atoms with Crippen LogP contribution in [0, 0.1) is 6.92 Å². The summed E-state index contributed by atoms with van der Waals surface area (Å²) in [6.07, 6.45) is 7.49. The third-order valence-electron chi connectivity index (χ3n) is 5.42. The minimum absolute atomic E-state index is 0.104. The molecule has 0 saturated carbocycles. The Morgan fingerprint density at radius 2 is 2.17 bits per heavy atom. The van der Waals surface area contributed by atoms with Crippen LogP contribution in [0.1, 0.15) is 28.0 Å². The zero-order chi connectivity index (χ0) is 21.1. The highest BCUT2D eigenvalue weighted by Crippen LogP contribution is 2.26. The first-order valence-corrected chi connectivity index (χ1v) is 9.98. The molecule has 8 heteroatoms. The second-order valence-corrected chi connectivity index (χ2v) is 8.01. The molecule has 1 atom stereocenters. The van der Waals surface area contributed by atoms with Gasteiger partial charge in [0.15, 0.2) is 0 Å². The van der Waals surface area contributed by atoms with Crippen LogP contribution in [0.25, 0.3) is 0 Å². The van der Waals surface area contributed by atoms with Gasteiger partial charge in [-0.05, 0) is 31.0 Å². The van der Waals surface area contributed by atoms with Gasteiger partial charge in [0.25, 0.3) is 5.91 Å². The predicted molar refractivity (Wildman–Crippen MR) is 113 cm³/mol. The number of aromatic nitrogens is 4. The van der Waals surface area contributed by atoms with Crippen molar-refractivity contribution in [1.82, 2.24) is 24.4 Å². The minimum Gasteiger partial charge on any atom is -0.386 e. The first kappa shape index (κ1) is 20.0. The van der Waals surface area contributed by atoms with Gasteiger partial charge in [-0.1, -0.05) is 12.1 Å². The van der Waals surface area contributed by atoms with E-state index in [9.17, 15) is 9.90 Å². The standard InChI is InChI=1S/C22H26N6O2/c1-17-10-20(25-15-24-17)28-8-6-22(30,14-28)13-26(2)21(29)19-5-3-4-18(11-19)12-27-9-7-23-16-27/h3-5,7,9-11,15-16,30H,6,8,12-14H2,1-2H3/t22-/m0/s1. The molecule has 3 aromatic rings. The molecule has 0 unspecified atom stereocenters. The molecule has 156 valence electrons. The van der Waals surface area contributed by atoms with Crippen LogP contribution in [0.2, 0.25) is 0 Å². The van der Waals surface area contributed by atoms with Crippen LogP contribution >= 0.6 is 0 Å². The first-order valence-electron chi connectivity index (χ1n) is 9.98. The minimum atomic E-state index is -0.975. The lowest BCUT2D eigenvalue weighted by atomic mass is 10.0. The number of aryl methyl sites for hydroxylation is 1. The van der Waals surface area contributed by atoms with Gasteiger partial charge >= 0.3 is 0 Å².